The van der Waals surface area contributed by atoms with Crippen LogP contribution in [0.25, 0.3) is 0 Å². The summed E-state index contributed by atoms with van der Waals surface area (Å²) in [6, 6.07) is 2.84. The van der Waals surface area contributed by atoms with Crippen molar-refractivity contribution in [2.45, 2.75) is 25.8 Å². The summed E-state index contributed by atoms with van der Waals surface area (Å²) in [5, 5.41) is 11.6. The van der Waals surface area contributed by atoms with Crippen LogP contribution < -0.4 is 5.32 Å². The standard InChI is InChI=1S/C11H13F2NO2/c1-3-11(2,10(15)16)14-9-5-7(12)4-8(13)6-9/h4-6,14H,3H2,1-2H3,(H,15,16). The van der Waals surface area contributed by atoms with E-state index in [1.165, 1.54) is 6.92 Å². The fourth-order valence-electron chi connectivity index (χ4n) is 1.24. The Morgan fingerprint density at radius 3 is 2.25 bits per heavy atom. The first-order chi connectivity index (χ1) is 7.37. The summed E-state index contributed by atoms with van der Waals surface area (Å²) in [6.07, 6.45) is 0.292. The van der Waals surface area contributed by atoms with Gasteiger partial charge in [-0.2, -0.15) is 0 Å². The van der Waals surface area contributed by atoms with Gasteiger partial charge in [0.05, 0.1) is 0 Å². The fourth-order valence-corrected chi connectivity index (χ4v) is 1.24. The molecule has 0 amide bonds. The smallest absolute Gasteiger partial charge is 0.329 e. The van der Waals surface area contributed by atoms with Gasteiger partial charge in [-0.15, -0.1) is 0 Å². The number of anilines is 1. The van der Waals surface area contributed by atoms with Crippen LogP contribution in [-0.4, -0.2) is 16.6 Å². The second-order valence-electron chi connectivity index (χ2n) is 3.77. The van der Waals surface area contributed by atoms with E-state index in [9.17, 15) is 13.6 Å². The van der Waals surface area contributed by atoms with Gasteiger partial charge in [-0.05, 0) is 25.5 Å². The molecular formula is C11H13F2NO2. The van der Waals surface area contributed by atoms with E-state index in [-0.39, 0.29) is 5.69 Å². The summed E-state index contributed by atoms with van der Waals surface area (Å²) >= 11 is 0. The highest BCUT2D eigenvalue weighted by molar-refractivity contribution is 5.82. The molecule has 1 unspecified atom stereocenters. The van der Waals surface area contributed by atoms with Crippen molar-refractivity contribution < 1.29 is 18.7 Å². The molecule has 88 valence electrons. The third-order valence-corrected chi connectivity index (χ3v) is 2.46. The molecule has 0 aliphatic rings. The predicted octanol–water partition coefficient (Wildman–Crippen LogP) is 2.63. The molecule has 16 heavy (non-hydrogen) atoms. The Bertz CT molecular complexity index is 389. The van der Waals surface area contributed by atoms with Crippen LogP contribution in [0.1, 0.15) is 20.3 Å². The zero-order chi connectivity index (χ0) is 12.3. The normalized spacial score (nSPS) is 14.2. The molecule has 0 aromatic heterocycles. The van der Waals surface area contributed by atoms with Crippen molar-refractivity contribution in [2.24, 2.45) is 0 Å². The zero-order valence-electron chi connectivity index (χ0n) is 9.05. The maximum atomic E-state index is 12.9. The van der Waals surface area contributed by atoms with E-state index in [1.54, 1.807) is 6.92 Å². The molecular weight excluding hydrogens is 216 g/mol. The van der Waals surface area contributed by atoms with E-state index in [0.29, 0.717) is 6.42 Å². The average molecular weight is 229 g/mol. The molecule has 1 rings (SSSR count). The lowest BCUT2D eigenvalue weighted by molar-refractivity contribution is -0.141. The van der Waals surface area contributed by atoms with Crippen molar-refractivity contribution >= 4 is 11.7 Å². The number of carboxylic acids is 1. The Morgan fingerprint density at radius 1 is 1.38 bits per heavy atom. The number of rotatable bonds is 4. The van der Waals surface area contributed by atoms with Gasteiger partial charge in [0.1, 0.15) is 17.2 Å². The highest BCUT2D eigenvalue weighted by Gasteiger charge is 2.30. The molecule has 1 aromatic rings. The number of hydrogen-bond acceptors (Lipinski definition) is 2. The van der Waals surface area contributed by atoms with Gasteiger partial charge in [-0.1, -0.05) is 6.92 Å². The number of nitrogens with one attached hydrogen (secondary N) is 1. The lowest BCUT2D eigenvalue weighted by Gasteiger charge is -2.25. The van der Waals surface area contributed by atoms with Crippen molar-refractivity contribution in [2.75, 3.05) is 5.32 Å². The molecule has 0 saturated heterocycles. The molecule has 0 saturated carbocycles. The third-order valence-electron chi connectivity index (χ3n) is 2.46. The van der Waals surface area contributed by atoms with Crippen LogP contribution in [0.3, 0.4) is 0 Å². The van der Waals surface area contributed by atoms with Crippen LogP contribution in [-0.2, 0) is 4.79 Å². The van der Waals surface area contributed by atoms with Crippen LogP contribution in [0.4, 0.5) is 14.5 Å². The SMILES string of the molecule is CCC(C)(Nc1cc(F)cc(F)c1)C(=O)O. The second kappa shape index (κ2) is 4.47. The maximum Gasteiger partial charge on any atom is 0.329 e. The molecule has 0 spiro atoms. The van der Waals surface area contributed by atoms with Crippen molar-refractivity contribution in [3.8, 4) is 0 Å². The summed E-state index contributed by atoms with van der Waals surface area (Å²) in [5.41, 5.74) is -1.12. The van der Waals surface area contributed by atoms with E-state index in [1.807, 2.05) is 0 Å². The molecule has 1 atom stereocenters. The van der Waals surface area contributed by atoms with Gasteiger partial charge in [0, 0.05) is 11.8 Å². The van der Waals surface area contributed by atoms with Crippen LogP contribution in [0.2, 0.25) is 0 Å². The quantitative estimate of drug-likeness (QED) is 0.834. The van der Waals surface area contributed by atoms with Crippen molar-refractivity contribution in [3.05, 3.63) is 29.8 Å². The van der Waals surface area contributed by atoms with Gasteiger partial charge < -0.3 is 10.4 Å². The van der Waals surface area contributed by atoms with Crippen molar-refractivity contribution in [1.82, 2.24) is 0 Å². The topological polar surface area (TPSA) is 49.3 Å². The first-order valence-corrected chi connectivity index (χ1v) is 4.85. The molecule has 0 aliphatic carbocycles. The number of hydrogen-bond donors (Lipinski definition) is 2. The van der Waals surface area contributed by atoms with Crippen LogP contribution in [0, 0.1) is 11.6 Å². The average Bonchev–Trinajstić information content (AvgIpc) is 2.15. The van der Waals surface area contributed by atoms with Crippen LogP contribution >= 0.6 is 0 Å². The Labute approximate surface area is 92.1 Å². The molecule has 1 aromatic carbocycles. The van der Waals surface area contributed by atoms with Gasteiger partial charge in [-0.3, -0.25) is 0 Å². The molecule has 0 fully saturated rings. The van der Waals surface area contributed by atoms with Gasteiger partial charge in [0.25, 0.3) is 0 Å². The number of carboxylic acid groups (broad SMARTS) is 1. The molecule has 0 aliphatic heterocycles. The highest BCUT2D eigenvalue weighted by atomic mass is 19.1. The largest absolute Gasteiger partial charge is 0.480 e. The molecule has 0 radical (unpaired) electrons. The number of carbonyl (C=O) groups is 1. The first-order valence-electron chi connectivity index (χ1n) is 4.85. The summed E-state index contributed by atoms with van der Waals surface area (Å²) in [7, 11) is 0. The number of benzene rings is 1. The Morgan fingerprint density at radius 2 is 1.88 bits per heavy atom. The van der Waals surface area contributed by atoms with Gasteiger partial charge in [0.2, 0.25) is 0 Å². The van der Waals surface area contributed by atoms with E-state index >= 15 is 0 Å². The van der Waals surface area contributed by atoms with Gasteiger partial charge in [-0.25, -0.2) is 13.6 Å². The second-order valence-corrected chi connectivity index (χ2v) is 3.77. The predicted molar refractivity (Wildman–Crippen MR) is 56.3 cm³/mol. The van der Waals surface area contributed by atoms with Gasteiger partial charge >= 0.3 is 5.97 Å². The van der Waals surface area contributed by atoms with E-state index < -0.39 is 23.1 Å². The first kappa shape index (κ1) is 12.4. The Hall–Kier alpha value is -1.65. The lowest BCUT2D eigenvalue weighted by atomic mass is 9.99. The van der Waals surface area contributed by atoms with Crippen molar-refractivity contribution in [3.63, 3.8) is 0 Å². The van der Waals surface area contributed by atoms with E-state index in [2.05, 4.69) is 5.32 Å². The lowest BCUT2D eigenvalue weighted by Crippen LogP contribution is -2.42. The third kappa shape index (κ3) is 2.68. The summed E-state index contributed by atoms with van der Waals surface area (Å²) in [5.74, 6) is -2.56. The molecule has 3 nitrogen and oxygen atoms in total. The van der Waals surface area contributed by atoms with Gasteiger partial charge in [0.15, 0.2) is 0 Å². The fraction of sp³-hybridized carbons (Fsp3) is 0.364. The molecule has 2 N–H and O–H groups in total. The van der Waals surface area contributed by atoms with Crippen molar-refractivity contribution in [1.29, 1.82) is 0 Å². The van der Waals surface area contributed by atoms with E-state index in [4.69, 9.17) is 5.11 Å². The van der Waals surface area contributed by atoms with E-state index in [0.717, 1.165) is 18.2 Å². The minimum atomic E-state index is -1.24. The molecule has 0 heterocycles. The molecule has 0 bridgehead atoms. The number of halogens is 2. The summed E-state index contributed by atoms with van der Waals surface area (Å²) in [4.78, 5) is 11.0. The van der Waals surface area contributed by atoms with Crippen LogP contribution in [0.5, 0.6) is 0 Å². The zero-order valence-corrected chi connectivity index (χ0v) is 9.05. The Kier molecular flexibility index (Phi) is 3.47. The summed E-state index contributed by atoms with van der Waals surface area (Å²) < 4.78 is 25.8. The monoisotopic (exact) mass is 229 g/mol. The van der Waals surface area contributed by atoms with Crippen LogP contribution in [0.15, 0.2) is 18.2 Å². The minimum absolute atomic E-state index is 0.115. The Balaban J connectivity index is 2.99. The number of aliphatic carboxylic acids is 1. The summed E-state index contributed by atoms with van der Waals surface area (Å²) in [6.45, 7) is 3.13. The highest BCUT2D eigenvalue weighted by Crippen LogP contribution is 2.20. The maximum absolute atomic E-state index is 12.9. The molecule has 5 heteroatoms. The minimum Gasteiger partial charge on any atom is -0.480 e.